The van der Waals surface area contributed by atoms with E-state index in [4.69, 9.17) is 11.6 Å². The Morgan fingerprint density at radius 2 is 1.86 bits per heavy atom. The number of likely N-dealkylation sites (N-methyl/N-ethyl adjacent to an activating group) is 1. The van der Waals surface area contributed by atoms with Crippen molar-refractivity contribution in [2.24, 2.45) is 0 Å². The number of carbonyl (C=O) groups is 2. The number of ketones is 1. The van der Waals surface area contributed by atoms with Crippen molar-refractivity contribution in [1.29, 1.82) is 0 Å². The third-order valence-electron chi connectivity index (χ3n) is 3.65. The third-order valence-corrected chi connectivity index (χ3v) is 3.92. The summed E-state index contributed by atoms with van der Waals surface area (Å²) in [5, 5.41) is 2.75. The number of hydrogen-bond donors (Lipinski definition) is 1. The normalized spacial score (nSPS) is 13.5. The number of allylic oxidation sites excluding steroid dienone is 1. The van der Waals surface area contributed by atoms with Crippen LogP contribution in [-0.4, -0.2) is 24.1 Å². The van der Waals surface area contributed by atoms with Gasteiger partial charge in [-0.3, -0.25) is 9.59 Å². The standard InChI is InChI=1S/C17H20ClNO2/c1-2-19-17(21)15-13(9-4-3-7-11-18)12-8-5-6-10-14(12)16(15)20/h5-6,8,10H,2-4,7,9,11H2,1H3,(H,19,21). The van der Waals surface area contributed by atoms with Gasteiger partial charge in [0.15, 0.2) is 5.78 Å². The summed E-state index contributed by atoms with van der Waals surface area (Å²) in [5.41, 5.74) is 2.76. The summed E-state index contributed by atoms with van der Waals surface area (Å²) >= 11 is 5.69. The first-order valence-corrected chi connectivity index (χ1v) is 7.95. The number of Topliss-reactive ketones (excluding diaryl/α,β-unsaturated/α-hetero) is 1. The molecule has 2 rings (SSSR count). The second-order valence-electron chi connectivity index (χ2n) is 5.09. The maximum absolute atomic E-state index is 12.5. The molecule has 0 bridgehead atoms. The van der Waals surface area contributed by atoms with Gasteiger partial charge >= 0.3 is 0 Å². The number of fused-ring (bicyclic) bond motifs is 1. The maximum atomic E-state index is 12.5. The zero-order valence-electron chi connectivity index (χ0n) is 12.2. The van der Waals surface area contributed by atoms with E-state index in [1.807, 2.05) is 25.1 Å². The lowest BCUT2D eigenvalue weighted by atomic mass is 9.99. The average Bonchev–Trinajstić information content (AvgIpc) is 2.77. The monoisotopic (exact) mass is 305 g/mol. The van der Waals surface area contributed by atoms with E-state index in [-0.39, 0.29) is 11.7 Å². The quantitative estimate of drug-likeness (QED) is 0.475. The molecule has 1 aliphatic rings. The predicted octanol–water partition coefficient (Wildman–Crippen LogP) is 3.57. The first-order chi connectivity index (χ1) is 10.2. The molecule has 0 unspecified atom stereocenters. The molecule has 0 saturated heterocycles. The largest absolute Gasteiger partial charge is 0.352 e. The second-order valence-corrected chi connectivity index (χ2v) is 5.47. The molecular weight excluding hydrogens is 286 g/mol. The lowest BCUT2D eigenvalue weighted by molar-refractivity contribution is -0.117. The number of carbonyl (C=O) groups excluding carboxylic acids is 2. The van der Waals surface area contributed by atoms with E-state index in [9.17, 15) is 9.59 Å². The summed E-state index contributed by atoms with van der Waals surface area (Å²) in [7, 11) is 0. The molecule has 1 N–H and O–H groups in total. The molecule has 0 saturated carbocycles. The van der Waals surface area contributed by atoms with Crippen LogP contribution in [0.2, 0.25) is 0 Å². The molecule has 0 aromatic heterocycles. The number of nitrogens with one attached hydrogen (secondary N) is 1. The van der Waals surface area contributed by atoms with E-state index in [2.05, 4.69) is 5.32 Å². The van der Waals surface area contributed by atoms with Gasteiger partial charge in [-0.1, -0.05) is 30.7 Å². The summed E-state index contributed by atoms with van der Waals surface area (Å²) in [4.78, 5) is 24.7. The average molecular weight is 306 g/mol. The molecule has 112 valence electrons. The minimum atomic E-state index is -0.258. The number of hydrogen-bond acceptors (Lipinski definition) is 2. The second kappa shape index (κ2) is 7.41. The minimum absolute atomic E-state index is 0.149. The van der Waals surface area contributed by atoms with E-state index in [1.165, 1.54) is 0 Å². The summed E-state index contributed by atoms with van der Waals surface area (Å²) < 4.78 is 0. The Kier molecular flexibility index (Phi) is 5.57. The number of halogens is 1. The number of rotatable bonds is 7. The molecule has 0 fully saturated rings. The van der Waals surface area contributed by atoms with Crippen LogP contribution in [-0.2, 0) is 4.79 Å². The number of benzene rings is 1. The van der Waals surface area contributed by atoms with Crippen molar-refractivity contribution >= 4 is 28.9 Å². The van der Waals surface area contributed by atoms with Crippen molar-refractivity contribution in [3.63, 3.8) is 0 Å². The van der Waals surface area contributed by atoms with E-state index in [0.717, 1.165) is 36.8 Å². The zero-order chi connectivity index (χ0) is 15.2. The molecule has 4 heteroatoms. The SMILES string of the molecule is CCNC(=O)C1=C(CCCCCCl)c2ccccc2C1=O. The highest BCUT2D eigenvalue weighted by Crippen LogP contribution is 2.36. The topological polar surface area (TPSA) is 46.2 Å². The molecule has 3 nitrogen and oxygen atoms in total. The van der Waals surface area contributed by atoms with Crippen molar-refractivity contribution in [3.05, 3.63) is 41.0 Å². The first kappa shape index (κ1) is 15.8. The van der Waals surface area contributed by atoms with Crippen LogP contribution in [0.1, 0.15) is 48.5 Å². The Morgan fingerprint density at radius 1 is 1.14 bits per heavy atom. The fourth-order valence-electron chi connectivity index (χ4n) is 2.67. The summed E-state index contributed by atoms with van der Waals surface area (Å²) in [5.74, 6) is 0.243. The highest BCUT2D eigenvalue weighted by molar-refractivity contribution is 6.34. The Labute approximate surface area is 130 Å². The van der Waals surface area contributed by atoms with Crippen LogP contribution in [0.5, 0.6) is 0 Å². The zero-order valence-corrected chi connectivity index (χ0v) is 13.0. The molecule has 1 aromatic rings. The number of alkyl halides is 1. The van der Waals surface area contributed by atoms with Crippen molar-refractivity contribution in [2.45, 2.75) is 32.6 Å². The van der Waals surface area contributed by atoms with Crippen LogP contribution in [0.4, 0.5) is 0 Å². The third kappa shape index (κ3) is 3.35. The smallest absolute Gasteiger partial charge is 0.255 e. The lowest BCUT2D eigenvalue weighted by Gasteiger charge is -2.07. The summed E-state index contributed by atoms with van der Waals surface area (Å²) in [6.07, 6.45) is 3.64. The van der Waals surface area contributed by atoms with E-state index < -0.39 is 0 Å². The molecule has 0 atom stereocenters. The minimum Gasteiger partial charge on any atom is -0.352 e. The molecule has 1 amide bonds. The molecule has 1 aromatic carbocycles. The van der Waals surface area contributed by atoms with Gasteiger partial charge in [0, 0.05) is 18.0 Å². The van der Waals surface area contributed by atoms with Gasteiger partial charge in [-0.2, -0.15) is 0 Å². The van der Waals surface area contributed by atoms with Crippen LogP contribution in [0, 0.1) is 0 Å². The Hall–Kier alpha value is -1.61. The van der Waals surface area contributed by atoms with Gasteiger partial charge in [0.25, 0.3) is 5.91 Å². The van der Waals surface area contributed by atoms with E-state index in [1.54, 1.807) is 6.07 Å². The summed E-state index contributed by atoms with van der Waals surface area (Å²) in [6, 6.07) is 7.47. The van der Waals surface area contributed by atoms with Crippen molar-refractivity contribution in [2.75, 3.05) is 12.4 Å². The van der Waals surface area contributed by atoms with Gasteiger partial charge < -0.3 is 5.32 Å². The van der Waals surface area contributed by atoms with Crippen molar-refractivity contribution in [1.82, 2.24) is 5.32 Å². The highest BCUT2D eigenvalue weighted by atomic mass is 35.5. The van der Waals surface area contributed by atoms with Gasteiger partial charge in [0.1, 0.15) is 0 Å². The van der Waals surface area contributed by atoms with Crippen LogP contribution < -0.4 is 5.32 Å². The molecular formula is C17H20ClNO2. The van der Waals surface area contributed by atoms with Crippen molar-refractivity contribution in [3.8, 4) is 0 Å². The van der Waals surface area contributed by atoms with Crippen molar-refractivity contribution < 1.29 is 9.59 Å². The summed E-state index contributed by atoms with van der Waals surface area (Å²) in [6.45, 7) is 2.37. The fourth-order valence-corrected chi connectivity index (χ4v) is 2.86. The van der Waals surface area contributed by atoms with Gasteiger partial charge in [-0.05, 0) is 37.3 Å². The Bertz CT molecular complexity index is 578. The van der Waals surface area contributed by atoms with E-state index in [0.29, 0.717) is 23.6 Å². The molecule has 0 radical (unpaired) electrons. The van der Waals surface area contributed by atoms with Gasteiger partial charge in [-0.25, -0.2) is 0 Å². The first-order valence-electron chi connectivity index (χ1n) is 7.42. The van der Waals surface area contributed by atoms with Gasteiger partial charge in [-0.15, -0.1) is 11.6 Å². The fraction of sp³-hybridized carbons (Fsp3) is 0.412. The van der Waals surface area contributed by atoms with Crippen LogP contribution in [0.25, 0.3) is 5.57 Å². The molecule has 21 heavy (non-hydrogen) atoms. The molecule has 0 aliphatic heterocycles. The highest BCUT2D eigenvalue weighted by Gasteiger charge is 2.32. The predicted molar refractivity (Wildman–Crippen MR) is 85.6 cm³/mol. The number of unbranched alkanes of at least 4 members (excludes halogenated alkanes) is 2. The van der Waals surface area contributed by atoms with Crippen LogP contribution in [0.15, 0.2) is 29.8 Å². The van der Waals surface area contributed by atoms with Gasteiger partial charge in [0.2, 0.25) is 0 Å². The molecule has 0 heterocycles. The van der Waals surface area contributed by atoms with Crippen LogP contribution >= 0.6 is 11.6 Å². The molecule has 1 aliphatic carbocycles. The van der Waals surface area contributed by atoms with E-state index >= 15 is 0 Å². The number of amides is 1. The van der Waals surface area contributed by atoms with Gasteiger partial charge in [0.05, 0.1) is 5.57 Å². The Morgan fingerprint density at radius 3 is 2.52 bits per heavy atom. The molecule has 0 spiro atoms. The van der Waals surface area contributed by atoms with Crippen LogP contribution in [0.3, 0.4) is 0 Å². The maximum Gasteiger partial charge on any atom is 0.255 e. The lowest BCUT2D eigenvalue weighted by Crippen LogP contribution is -2.27. The Balaban J connectivity index is 2.29.